The van der Waals surface area contributed by atoms with Crippen molar-refractivity contribution in [2.45, 2.75) is 19.9 Å². The number of anilines is 3. The maximum atomic E-state index is 5.44. The molecule has 1 aromatic heterocycles. The van der Waals surface area contributed by atoms with Gasteiger partial charge in [-0.25, -0.2) is 0 Å². The highest BCUT2D eigenvalue weighted by molar-refractivity contribution is 5.57. The lowest BCUT2D eigenvalue weighted by Crippen LogP contribution is -2.32. The van der Waals surface area contributed by atoms with Crippen molar-refractivity contribution < 1.29 is 9.47 Å². The summed E-state index contributed by atoms with van der Waals surface area (Å²) < 4.78 is 10.9. The van der Waals surface area contributed by atoms with Crippen molar-refractivity contribution in [2.75, 3.05) is 31.0 Å². The molecule has 0 radical (unpaired) electrons. The van der Waals surface area contributed by atoms with Gasteiger partial charge < -0.3 is 19.7 Å². The summed E-state index contributed by atoms with van der Waals surface area (Å²) >= 11 is 0. The fourth-order valence-electron chi connectivity index (χ4n) is 3.33. The molecule has 1 aliphatic heterocycles. The average Bonchev–Trinajstić information content (AvgIpc) is 2.74. The third kappa shape index (κ3) is 3.69. The molecule has 0 amide bonds. The van der Waals surface area contributed by atoms with E-state index >= 15 is 0 Å². The van der Waals surface area contributed by atoms with Gasteiger partial charge in [-0.3, -0.25) is 0 Å². The van der Waals surface area contributed by atoms with Crippen molar-refractivity contribution in [3.63, 3.8) is 0 Å². The van der Waals surface area contributed by atoms with Crippen LogP contribution >= 0.6 is 0 Å². The standard InChI is InChI=1S/C21H23N5O2/c1-14-4-6-17(7-5-14)23-20-12-22-25-21(24-20)26-9-8-15-10-18(27-2)19(28-3)11-16(15)13-26/h4-7,10-12H,8-9,13H2,1-3H3,(H,23,24,25). The molecule has 0 saturated carbocycles. The Morgan fingerprint density at radius 1 is 1.00 bits per heavy atom. The van der Waals surface area contributed by atoms with Gasteiger partial charge in [-0.15, -0.1) is 5.10 Å². The van der Waals surface area contributed by atoms with Crippen LogP contribution in [0.15, 0.2) is 42.6 Å². The molecule has 0 fully saturated rings. The molecular formula is C21H23N5O2. The van der Waals surface area contributed by atoms with Crippen LogP contribution in [0.5, 0.6) is 11.5 Å². The highest BCUT2D eigenvalue weighted by Crippen LogP contribution is 2.34. The van der Waals surface area contributed by atoms with Crippen molar-refractivity contribution >= 4 is 17.5 Å². The number of aromatic nitrogens is 3. The summed E-state index contributed by atoms with van der Waals surface area (Å²) in [4.78, 5) is 6.78. The van der Waals surface area contributed by atoms with Gasteiger partial charge in [0, 0.05) is 18.8 Å². The molecule has 28 heavy (non-hydrogen) atoms. The molecule has 2 heterocycles. The van der Waals surface area contributed by atoms with Crippen molar-refractivity contribution in [2.24, 2.45) is 0 Å². The van der Waals surface area contributed by atoms with Gasteiger partial charge in [-0.05, 0) is 48.7 Å². The minimum atomic E-state index is 0.609. The number of nitrogens with one attached hydrogen (secondary N) is 1. The van der Waals surface area contributed by atoms with Crippen molar-refractivity contribution in [1.82, 2.24) is 15.2 Å². The van der Waals surface area contributed by atoms with E-state index in [0.717, 1.165) is 30.2 Å². The van der Waals surface area contributed by atoms with Gasteiger partial charge in [-0.2, -0.15) is 10.1 Å². The third-order valence-electron chi connectivity index (χ3n) is 4.87. The van der Waals surface area contributed by atoms with Crippen molar-refractivity contribution in [1.29, 1.82) is 0 Å². The van der Waals surface area contributed by atoms with E-state index < -0.39 is 0 Å². The molecule has 0 aliphatic carbocycles. The summed E-state index contributed by atoms with van der Waals surface area (Å²) in [5.41, 5.74) is 4.63. The Labute approximate surface area is 164 Å². The van der Waals surface area contributed by atoms with E-state index in [9.17, 15) is 0 Å². The van der Waals surface area contributed by atoms with Crippen molar-refractivity contribution in [3.05, 3.63) is 59.3 Å². The number of hydrogen-bond donors (Lipinski definition) is 1. The van der Waals surface area contributed by atoms with E-state index in [0.29, 0.717) is 18.3 Å². The highest BCUT2D eigenvalue weighted by Gasteiger charge is 2.21. The van der Waals surface area contributed by atoms with Gasteiger partial charge in [0.1, 0.15) is 0 Å². The number of methoxy groups -OCH3 is 2. The van der Waals surface area contributed by atoms with Crippen molar-refractivity contribution in [3.8, 4) is 11.5 Å². The van der Waals surface area contributed by atoms with Crippen LogP contribution in [0.3, 0.4) is 0 Å². The summed E-state index contributed by atoms with van der Waals surface area (Å²) in [7, 11) is 3.31. The summed E-state index contributed by atoms with van der Waals surface area (Å²) in [5.74, 6) is 2.78. The first-order chi connectivity index (χ1) is 13.7. The largest absolute Gasteiger partial charge is 0.493 e. The van der Waals surface area contributed by atoms with Gasteiger partial charge in [-0.1, -0.05) is 17.7 Å². The van der Waals surface area contributed by atoms with E-state index in [-0.39, 0.29) is 0 Å². The maximum Gasteiger partial charge on any atom is 0.247 e. The minimum absolute atomic E-state index is 0.609. The zero-order valence-corrected chi connectivity index (χ0v) is 16.3. The summed E-state index contributed by atoms with van der Waals surface area (Å²) in [6.45, 7) is 3.58. The Morgan fingerprint density at radius 3 is 2.43 bits per heavy atom. The number of ether oxygens (including phenoxy) is 2. The van der Waals surface area contributed by atoms with Gasteiger partial charge in [0.2, 0.25) is 5.95 Å². The van der Waals surface area contributed by atoms with Gasteiger partial charge in [0.15, 0.2) is 17.3 Å². The van der Waals surface area contributed by atoms with Crippen LogP contribution in [0.25, 0.3) is 0 Å². The first-order valence-corrected chi connectivity index (χ1v) is 9.18. The molecule has 0 bridgehead atoms. The van der Waals surface area contributed by atoms with E-state index in [2.05, 4.69) is 50.5 Å². The van der Waals surface area contributed by atoms with Gasteiger partial charge >= 0.3 is 0 Å². The number of hydrogen-bond acceptors (Lipinski definition) is 7. The fourth-order valence-corrected chi connectivity index (χ4v) is 3.33. The second kappa shape index (κ2) is 7.72. The minimum Gasteiger partial charge on any atom is -0.493 e. The third-order valence-corrected chi connectivity index (χ3v) is 4.87. The average molecular weight is 377 g/mol. The Bertz CT molecular complexity index is 975. The number of rotatable bonds is 5. The molecule has 0 saturated heterocycles. The molecular weight excluding hydrogens is 354 g/mol. The van der Waals surface area contributed by atoms with Crippen LogP contribution in [-0.2, 0) is 13.0 Å². The number of nitrogens with zero attached hydrogens (tertiary/aromatic N) is 4. The molecule has 7 nitrogen and oxygen atoms in total. The van der Waals surface area contributed by atoms with E-state index in [1.165, 1.54) is 16.7 Å². The van der Waals surface area contributed by atoms with Crippen LogP contribution < -0.4 is 19.7 Å². The lowest BCUT2D eigenvalue weighted by atomic mass is 9.99. The zero-order valence-electron chi connectivity index (χ0n) is 16.3. The predicted molar refractivity (Wildman–Crippen MR) is 109 cm³/mol. The fraction of sp³-hybridized carbons (Fsp3) is 0.286. The number of benzene rings is 2. The normalized spacial score (nSPS) is 13.0. The molecule has 0 spiro atoms. The molecule has 4 rings (SSSR count). The second-order valence-corrected chi connectivity index (χ2v) is 6.78. The highest BCUT2D eigenvalue weighted by atomic mass is 16.5. The Kier molecular flexibility index (Phi) is 4.97. The van der Waals surface area contributed by atoms with E-state index in [1.54, 1.807) is 20.4 Å². The Morgan fingerprint density at radius 2 is 1.71 bits per heavy atom. The predicted octanol–water partition coefficient (Wildman–Crippen LogP) is 3.50. The molecule has 3 aromatic rings. The summed E-state index contributed by atoms with van der Waals surface area (Å²) in [5, 5.41) is 11.7. The van der Waals surface area contributed by atoms with Crippen LogP contribution in [0.2, 0.25) is 0 Å². The lowest BCUT2D eigenvalue weighted by molar-refractivity contribution is 0.353. The quantitative estimate of drug-likeness (QED) is 0.729. The SMILES string of the molecule is COc1cc2c(cc1OC)CN(c1nncc(Nc3ccc(C)cc3)n1)CC2. The Hall–Kier alpha value is -3.35. The van der Waals surface area contributed by atoms with Gasteiger partial charge in [0.25, 0.3) is 0 Å². The Balaban J connectivity index is 1.55. The lowest BCUT2D eigenvalue weighted by Gasteiger charge is -2.29. The smallest absolute Gasteiger partial charge is 0.247 e. The molecule has 1 N–H and O–H groups in total. The molecule has 7 heteroatoms. The topological polar surface area (TPSA) is 72.4 Å². The molecule has 0 unspecified atom stereocenters. The number of aryl methyl sites for hydroxylation is 1. The number of fused-ring (bicyclic) bond motifs is 1. The molecule has 2 aromatic carbocycles. The summed E-state index contributed by atoms with van der Waals surface area (Å²) in [6.07, 6.45) is 2.52. The second-order valence-electron chi connectivity index (χ2n) is 6.78. The molecule has 144 valence electrons. The van der Waals surface area contributed by atoms with Crippen LogP contribution in [-0.4, -0.2) is 35.9 Å². The van der Waals surface area contributed by atoms with Gasteiger partial charge in [0.05, 0.1) is 20.4 Å². The zero-order chi connectivity index (χ0) is 19.5. The molecule has 1 aliphatic rings. The monoisotopic (exact) mass is 377 g/mol. The molecule has 0 atom stereocenters. The first kappa shape index (κ1) is 18.0. The van der Waals surface area contributed by atoms with Crippen LogP contribution in [0, 0.1) is 6.92 Å². The maximum absolute atomic E-state index is 5.44. The van der Waals surface area contributed by atoms with Crippen LogP contribution in [0.4, 0.5) is 17.5 Å². The first-order valence-electron chi connectivity index (χ1n) is 9.18. The summed E-state index contributed by atoms with van der Waals surface area (Å²) in [6, 6.07) is 12.2. The van der Waals surface area contributed by atoms with Crippen LogP contribution in [0.1, 0.15) is 16.7 Å². The van der Waals surface area contributed by atoms with E-state index in [1.807, 2.05) is 18.2 Å². The van der Waals surface area contributed by atoms with E-state index in [4.69, 9.17) is 9.47 Å².